The maximum atomic E-state index is 12.4. The number of hydrogen-bond acceptors (Lipinski definition) is 6. The van der Waals surface area contributed by atoms with Crippen LogP contribution in [0.3, 0.4) is 0 Å². The minimum Gasteiger partial charge on any atom is -0.497 e. The molecule has 0 saturated carbocycles. The third-order valence-electron chi connectivity index (χ3n) is 3.85. The lowest BCUT2D eigenvalue weighted by molar-refractivity contribution is -0.140. The third kappa shape index (κ3) is 6.31. The number of methoxy groups -OCH3 is 2. The van der Waals surface area contributed by atoms with Crippen LogP contribution in [0.25, 0.3) is 6.08 Å². The normalized spacial score (nSPS) is 11.9. The number of ketones is 1. The molecular formula is C21H20F2O6. The lowest BCUT2D eigenvalue weighted by Crippen LogP contribution is -2.23. The quantitative estimate of drug-likeness (QED) is 0.354. The highest BCUT2D eigenvalue weighted by molar-refractivity contribution is 6.01. The van der Waals surface area contributed by atoms with Gasteiger partial charge in [0.2, 0.25) is 5.78 Å². The van der Waals surface area contributed by atoms with Crippen molar-refractivity contribution in [1.82, 2.24) is 0 Å². The van der Waals surface area contributed by atoms with E-state index in [1.807, 2.05) is 0 Å². The number of benzene rings is 2. The first-order valence-electron chi connectivity index (χ1n) is 8.54. The van der Waals surface area contributed by atoms with Crippen molar-refractivity contribution in [3.05, 3.63) is 59.7 Å². The number of carbonyl (C=O) groups is 2. The van der Waals surface area contributed by atoms with E-state index in [0.29, 0.717) is 16.9 Å². The molecule has 2 aromatic rings. The Morgan fingerprint density at radius 2 is 1.66 bits per heavy atom. The molecule has 0 amide bonds. The zero-order chi connectivity index (χ0) is 21.4. The van der Waals surface area contributed by atoms with Gasteiger partial charge in [0.05, 0.1) is 14.2 Å². The maximum absolute atomic E-state index is 12.4. The highest BCUT2D eigenvalue weighted by Crippen LogP contribution is 2.29. The van der Waals surface area contributed by atoms with Crippen LogP contribution in [-0.4, -0.2) is 38.7 Å². The molecule has 0 aliphatic heterocycles. The van der Waals surface area contributed by atoms with Gasteiger partial charge in [0.1, 0.15) is 5.75 Å². The van der Waals surface area contributed by atoms with Crippen molar-refractivity contribution in [2.75, 3.05) is 14.2 Å². The van der Waals surface area contributed by atoms with Crippen LogP contribution in [0.2, 0.25) is 0 Å². The van der Waals surface area contributed by atoms with Crippen LogP contribution in [0.5, 0.6) is 17.2 Å². The summed E-state index contributed by atoms with van der Waals surface area (Å²) in [5.74, 6) is -0.518. The van der Waals surface area contributed by atoms with Gasteiger partial charge in [0.25, 0.3) is 0 Å². The van der Waals surface area contributed by atoms with Gasteiger partial charge in [-0.1, -0.05) is 6.07 Å². The summed E-state index contributed by atoms with van der Waals surface area (Å²) in [5.41, 5.74) is 0.879. The molecule has 0 spiro atoms. The van der Waals surface area contributed by atoms with Gasteiger partial charge >= 0.3 is 12.6 Å². The molecule has 0 aliphatic rings. The van der Waals surface area contributed by atoms with Crippen LogP contribution in [0.4, 0.5) is 8.78 Å². The predicted molar refractivity (Wildman–Crippen MR) is 102 cm³/mol. The fourth-order valence-corrected chi connectivity index (χ4v) is 2.40. The Morgan fingerprint density at radius 1 is 0.966 bits per heavy atom. The summed E-state index contributed by atoms with van der Waals surface area (Å²) < 4.78 is 44.2. The van der Waals surface area contributed by atoms with E-state index in [9.17, 15) is 18.4 Å². The summed E-state index contributed by atoms with van der Waals surface area (Å²) in [6.45, 7) is -1.51. The molecule has 8 heteroatoms. The van der Waals surface area contributed by atoms with E-state index in [-0.39, 0.29) is 17.3 Å². The lowest BCUT2D eigenvalue weighted by atomic mass is 10.1. The van der Waals surface area contributed by atoms with Crippen molar-refractivity contribution in [1.29, 1.82) is 0 Å². The lowest BCUT2D eigenvalue weighted by Gasteiger charge is -2.11. The molecule has 2 rings (SSSR count). The highest BCUT2D eigenvalue weighted by atomic mass is 19.3. The van der Waals surface area contributed by atoms with Crippen molar-refractivity contribution < 1.29 is 37.3 Å². The second kappa shape index (κ2) is 10.2. The molecule has 0 heterocycles. The third-order valence-corrected chi connectivity index (χ3v) is 3.85. The number of ether oxygens (including phenoxy) is 4. The monoisotopic (exact) mass is 406 g/mol. The van der Waals surface area contributed by atoms with Gasteiger partial charge in [-0.15, -0.1) is 0 Å². The smallest absolute Gasteiger partial charge is 0.387 e. The Hall–Kier alpha value is -3.42. The Kier molecular flexibility index (Phi) is 7.70. The first kappa shape index (κ1) is 21.9. The number of carbonyl (C=O) groups excluding carboxylic acids is 2. The number of halogens is 2. The van der Waals surface area contributed by atoms with Gasteiger partial charge in [-0.2, -0.15) is 8.78 Å². The van der Waals surface area contributed by atoms with Crippen LogP contribution in [-0.2, 0) is 9.53 Å². The van der Waals surface area contributed by atoms with Gasteiger partial charge in [-0.05, 0) is 55.0 Å². The Morgan fingerprint density at radius 3 is 2.24 bits per heavy atom. The minimum absolute atomic E-state index is 0.0869. The molecule has 0 saturated heterocycles. The fraction of sp³-hybridized carbons (Fsp3) is 0.238. The van der Waals surface area contributed by atoms with Gasteiger partial charge in [-0.25, -0.2) is 4.79 Å². The Bertz CT molecular complexity index is 877. The van der Waals surface area contributed by atoms with Crippen molar-refractivity contribution in [3.63, 3.8) is 0 Å². The van der Waals surface area contributed by atoms with Crippen LogP contribution in [0.1, 0.15) is 22.8 Å². The van der Waals surface area contributed by atoms with Crippen LogP contribution in [0.15, 0.2) is 48.5 Å². The molecule has 0 N–H and O–H groups in total. The largest absolute Gasteiger partial charge is 0.497 e. The number of Topliss-reactive ketones (excluding diaryl/α,β-unsaturated/α-hetero) is 1. The summed E-state index contributed by atoms with van der Waals surface area (Å²) in [7, 11) is 2.82. The van der Waals surface area contributed by atoms with Gasteiger partial charge in [0, 0.05) is 11.6 Å². The average molecular weight is 406 g/mol. The van der Waals surface area contributed by atoms with Crippen molar-refractivity contribution >= 4 is 17.8 Å². The summed E-state index contributed by atoms with van der Waals surface area (Å²) in [5, 5.41) is 0. The SMILES string of the molecule is COc1ccc(C(=O)[C@@H](C)OC(=O)/C=C/c2ccc(OC(F)F)c(OC)c2)cc1. The molecule has 2 aromatic carbocycles. The topological polar surface area (TPSA) is 71.1 Å². The molecule has 0 aliphatic carbocycles. The summed E-state index contributed by atoms with van der Waals surface area (Å²) in [4.78, 5) is 24.3. The molecule has 0 radical (unpaired) electrons. The second-order valence-electron chi connectivity index (χ2n) is 5.79. The Balaban J connectivity index is 2.00. The van der Waals surface area contributed by atoms with E-state index in [4.69, 9.17) is 14.2 Å². The van der Waals surface area contributed by atoms with Crippen molar-refractivity contribution in [2.45, 2.75) is 19.6 Å². The molecule has 6 nitrogen and oxygen atoms in total. The zero-order valence-corrected chi connectivity index (χ0v) is 16.1. The zero-order valence-electron chi connectivity index (χ0n) is 16.1. The first-order valence-corrected chi connectivity index (χ1v) is 8.54. The maximum Gasteiger partial charge on any atom is 0.387 e. The van der Waals surface area contributed by atoms with E-state index in [1.165, 1.54) is 45.4 Å². The van der Waals surface area contributed by atoms with Crippen LogP contribution >= 0.6 is 0 Å². The molecule has 0 bridgehead atoms. The fourth-order valence-electron chi connectivity index (χ4n) is 2.40. The van der Waals surface area contributed by atoms with Crippen LogP contribution < -0.4 is 14.2 Å². The highest BCUT2D eigenvalue weighted by Gasteiger charge is 2.18. The molecule has 1 atom stereocenters. The minimum atomic E-state index is -2.98. The van der Waals surface area contributed by atoms with E-state index in [0.717, 1.165) is 6.08 Å². The number of hydrogen-bond donors (Lipinski definition) is 0. The van der Waals surface area contributed by atoms with Crippen molar-refractivity contribution in [2.24, 2.45) is 0 Å². The molecule has 0 fully saturated rings. The number of esters is 1. The van der Waals surface area contributed by atoms with Crippen LogP contribution in [0, 0.1) is 0 Å². The molecule has 0 unspecified atom stereocenters. The summed E-state index contributed by atoms with van der Waals surface area (Å²) >= 11 is 0. The molecule has 29 heavy (non-hydrogen) atoms. The van der Waals surface area contributed by atoms with Gasteiger partial charge in [-0.3, -0.25) is 4.79 Å². The molecule has 0 aromatic heterocycles. The number of alkyl halides is 2. The summed E-state index contributed by atoms with van der Waals surface area (Å²) in [6, 6.07) is 10.6. The Labute approximate surface area is 166 Å². The predicted octanol–water partition coefficient (Wildman–Crippen LogP) is 4.13. The molecule has 154 valence electrons. The second-order valence-corrected chi connectivity index (χ2v) is 5.79. The number of rotatable bonds is 9. The van der Waals surface area contributed by atoms with Gasteiger partial charge in [0.15, 0.2) is 17.6 Å². The van der Waals surface area contributed by atoms with Crippen molar-refractivity contribution in [3.8, 4) is 17.2 Å². The average Bonchev–Trinajstić information content (AvgIpc) is 2.72. The van der Waals surface area contributed by atoms with Gasteiger partial charge < -0.3 is 18.9 Å². The summed E-state index contributed by atoms with van der Waals surface area (Å²) in [6.07, 6.45) is 1.54. The molecular weight excluding hydrogens is 386 g/mol. The van der Waals surface area contributed by atoms with E-state index in [1.54, 1.807) is 24.3 Å². The van der Waals surface area contributed by atoms with E-state index in [2.05, 4.69) is 4.74 Å². The first-order chi connectivity index (χ1) is 13.8. The van der Waals surface area contributed by atoms with E-state index < -0.39 is 18.7 Å². The standard InChI is InChI=1S/C21H20F2O6/c1-13(20(25)15-6-8-16(26-2)9-7-15)28-19(24)11-5-14-4-10-17(29-21(22)23)18(12-14)27-3/h4-13,21H,1-3H3/b11-5+/t13-/m1/s1. The van der Waals surface area contributed by atoms with E-state index >= 15 is 0 Å².